The maximum atomic E-state index is 7.98. The lowest BCUT2D eigenvalue weighted by molar-refractivity contribution is 1.50. The van der Waals surface area contributed by atoms with Gasteiger partial charge >= 0.3 is 0 Å². The molecule has 1 nitrogen and oxygen atoms in total. The standard InChI is InChI=1S/C3H5ClNP/c1-2-6(4)3-5/h2H2,1H3. The third-order valence-corrected chi connectivity index (χ3v) is 2.10. The van der Waals surface area contributed by atoms with E-state index in [2.05, 4.69) is 0 Å². The lowest BCUT2D eigenvalue weighted by atomic mass is 11.0. The van der Waals surface area contributed by atoms with Crippen molar-refractivity contribution >= 4 is 18.5 Å². The quantitative estimate of drug-likeness (QED) is 0.488. The Labute approximate surface area is 43.5 Å². The molecular weight excluding hydrogens is 116 g/mol. The van der Waals surface area contributed by atoms with Crippen LogP contribution in [0.4, 0.5) is 0 Å². The van der Waals surface area contributed by atoms with Crippen LogP contribution in [0.3, 0.4) is 0 Å². The second-order valence-electron chi connectivity index (χ2n) is 0.778. The fourth-order valence-corrected chi connectivity index (χ4v) is 0.212. The van der Waals surface area contributed by atoms with Crippen molar-refractivity contribution in [1.82, 2.24) is 0 Å². The maximum absolute atomic E-state index is 7.98. The number of nitriles is 1. The molecule has 0 aliphatic rings. The van der Waals surface area contributed by atoms with E-state index in [1.54, 1.807) is 0 Å². The molecular formula is C3H5ClNP. The molecule has 0 N–H and O–H groups in total. The molecule has 6 heavy (non-hydrogen) atoms. The van der Waals surface area contributed by atoms with Crippen LogP contribution in [0.5, 0.6) is 0 Å². The van der Waals surface area contributed by atoms with Crippen LogP contribution in [-0.2, 0) is 0 Å². The Kier molecular flexibility index (Phi) is 3.52. The first-order valence-electron chi connectivity index (χ1n) is 1.64. The summed E-state index contributed by atoms with van der Waals surface area (Å²) in [6.45, 7) is 1.90. The number of halogens is 1. The van der Waals surface area contributed by atoms with E-state index in [0.717, 1.165) is 6.16 Å². The van der Waals surface area contributed by atoms with E-state index in [9.17, 15) is 0 Å². The second-order valence-corrected chi connectivity index (χ2v) is 3.56. The van der Waals surface area contributed by atoms with Crippen LogP contribution in [0.15, 0.2) is 0 Å². The molecule has 3 heteroatoms. The van der Waals surface area contributed by atoms with Gasteiger partial charge in [-0.2, -0.15) is 5.26 Å². The molecule has 1 unspecified atom stereocenters. The Bertz CT molecular complexity index is 67.7. The van der Waals surface area contributed by atoms with E-state index < -0.39 is 7.27 Å². The van der Waals surface area contributed by atoms with Gasteiger partial charge < -0.3 is 0 Å². The van der Waals surface area contributed by atoms with E-state index >= 15 is 0 Å². The Morgan fingerprint density at radius 2 is 2.50 bits per heavy atom. The second kappa shape index (κ2) is 3.40. The fraction of sp³-hybridized carbons (Fsp3) is 0.667. The molecule has 0 aliphatic heterocycles. The first-order valence-corrected chi connectivity index (χ1v) is 4.07. The van der Waals surface area contributed by atoms with Gasteiger partial charge in [0.1, 0.15) is 5.81 Å². The average molecular weight is 122 g/mol. The van der Waals surface area contributed by atoms with Crippen LogP contribution in [0.25, 0.3) is 0 Å². The van der Waals surface area contributed by atoms with Gasteiger partial charge in [-0.25, -0.2) is 0 Å². The molecule has 0 heterocycles. The van der Waals surface area contributed by atoms with Crippen molar-refractivity contribution in [3.8, 4) is 5.81 Å². The van der Waals surface area contributed by atoms with Crippen molar-refractivity contribution < 1.29 is 0 Å². The topological polar surface area (TPSA) is 23.8 Å². The van der Waals surface area contributed by atoms with E-state index in [1.807, 2.05) is 12.7 Å². The number of nitrogens with zero attached hydrogens (tertiary/aromatic N) is 1. The highest BCUT2D eigenvalue weighted by atomic mass is 35.7. The zero-order chi connectivity index (χ0) is 4.99. The summed E-state index contributed by atoms with van der Waals surface area (Å²) in [4.78, 5) is 0. The van der Waals surface area contributed by atoms with Gasteiger partial charge in [-0.05, 0) is 6.16 Å². The van der Waals surface area contributed by atoms with Crippen molar-refractivity contribution in [1.29, 1.82) is 5.26 Å². The Hall–Kier alpha value is 0.210. The minimum absolute atomic E-state index is 0.798. The molecule has 0 aromatic carbocycles. The summed E-state index contributed by atoms with van der Waals surface area (Å²) in [6.07, 6.45) is 0.799. The van der Waals surface area contributed by atoms with Crippen LogP contribution < -0.4 is 0 Å². The van der Waals surface area contributed by atoms with Crippen LogP contribution in [0.2, 0.25) is 0 Å². The molecule has 0 bridgehead atoms. The molecule has 0 amide bonds. The molecule has 0 saturated carbocycles. The average Bonchev–Trinajstić information content (AvgIpc) is 1.65. The van der Waals surface area contributed by atoms with Gasteiger partial charge in [0, 0.05) is 0 Å². The lowest BCUT2D eigenvalue weighted by Gasteiger charge is -1.84. The first-order chi connectivity index (χ1) is 2.81. The van der Waals surface area contributed by atoms with E-state index in [0.29, 0.717) is 0 Å². The van der Waals surface area contributed by atoms with Crippen molar-refractivity contribution in [3.63, 3.8) is 0 Å². The third-order valence-electron chi connectivity index (χ3n) is 0.386. The van der Waals surface area contributed by atoms with E-state index in [1.165, 1.54) is 0 Å². The molecule has 0 rings (SSSR count). The van der Waals surface area contributed by atoms with Crippen LogP contribution in [0, 0.1) is 11.1 Å². The number of rotatable bonds is 1. The van der Waals surface area contributed by atoms with Crippen LogP contribution >= 0.6 is 18.5 Å². The Balaban J connectivity index is 3.04. The largest absolute Gasteiger partial charge is 0.192 e. The zero-order valence-electron chi connectivity index (χ0n) is 3.48. The van der Waals surface area contributed by atoms with Gasteiger partial charge in [-0.3, -0.25) is 0 Å². The molecule has 1 atom stereocenters. The van der Waals surface area contributed by atoms with Gasteiger partial charge in [-0.1, -0.05) is 18.2 Å². The van der Waals surface area contributed by atoms with Gasteiger partial charge in [0.15, 0.2) is 0 Å². The minimum Gasteiger partial charge on any atom is -0.192 e. The highest BCUT2D eigenvalue weighted by Gasteiger charge is 1.91. The van der Waals surface area contributed by atoms with Crippen LogP contribution in [-0.4, -0.2) is 6.16 Å². The van der Waals surface area contributed by atoms with E-state index in [-0.39, 0.29) is 0 Å². The summed E-state index contributed by atoms with van der Waals surface area (Å²) in [5.41, 5.74) is 0. The summed E-state index contributed by atoms with van der Waals surface area (Å²) in [6, 6.07) is 0. The highest BCUT2D eigenvalue weighted by molar-refractivity contribution is 7.87. The van der Waals surface area contributed by atoms with Crippen molar-refractivity contribution in [2.24, 2.45) is 0 Å². The van der Waals surface area contributed by atoms with Crippen molar-refractivity contribution in [2.75, 3.05) is 6.16 Å². The summed E-state index contributed by atoms with van der Waals surface area (Å²) in [5, 5.41) is 7.98. The lowest BCUT2D eigenvalue weighted by Crippen LogP contribution is -1.57. The Morgan fingerprint density at radius 1 is 2.00 bits per heavy atom. The van der Waals surface area contributed by atoms with Gasteiger partial charge in [0.2, 0.25) is 0 Å². The third kappa shape index (κ3) is 2.45. The maximum Gasteiger partial charge on any atom is 0.104 e. The highest BCUT2D eigenvalue weighted by Crippen LogP contribution is 2.37. The summed E-state index contributed by atoms with van der Waals surface area (Å²) in [7, 11) is -0.798. The van der Waals surface area contributed by atoms with Gasteiger partial charge in [0.05, 0.1) is 7.27 Å². The molecule has 0 radical (unpaired) electrons. The fourth-order valence-electron chi connectivity index (χ4n) is 0.0707. The van der Waals surface area contributed by atoms with Gasteiger partial charge in [0.25, 0.3) is 0 Å². The molecule has 0 fully saturated rings. The predicted octanol–water partition coefficient (Wildman–Crippen LogP) is 2.12. The summed E-state index contributed by atoms with van der Waals surface area (Å²) in [5.74, 6) is 1.94. The molecule has 0 spiro atoms. The first kappa shape index (κ1) is 6.21. The molecule has 0 aromatic rings. The normalized spacial score (nSPS) is 12.8. The molecule has 0 aliphatic carbocycles. The monoisotopic (exact) mass is 121 g/mol. The van der Waals surface area contributed by atoms with Crippen molar-refractivity contribution in [2.45, 2.75) is 6.92 Å². The smallest absolute Gasteiger partial charge is 0.104 e. The predicted molar refractivity (Wildman–Crippen MR) is 28.9 cm³/mol. The molecule has 0 aromatic heterocycles. The van der Waals surface area contributed by atoms with Gasteiger partial charge in [-0.15, -0.1) is 0 Å². The minimum atomic E-state index is -0.798. The number of hydrogen-bond donors (Lipinski definition) is 0. The SMILES string of the molecule is CCP(Cl)C#N. The summed E-state index contributed by atoms with van der Waals surface area (Å²) >= 11 is 5.35. The molecule has 0 saturated heterocycles. The van der Waals surface area contributed by atoms with E-state index in [4.69, 9.17) is 16.5 Å². The zero-order valence-corrected chi connectivity index (χ0v) is 5.13. The Morgan fingerprint density at radius 3 is 2.50 bits per heavy atom. The summed E-state index contributed by atoms with van der Waals surface area (Å²) < 4.78 is 0. The van der Waals surface area contributed by atoms with Crippen LogP contribution in [0.1, 0.15) is 6.92 Å². The van der Waals surface area contributed by atoms with Crippen molar-refractivity contribution in [3.05, 3.63) is 0 Å². The molecule has 34 valence electrons. The number of hydrogen-bond acceptors (Lipinski definition) is 1.